The first-order chi connectivity index (χ1) is 8.40. The zero-order valence-corrected chi connectivity index (χ0v) is 10.8. The lowest BCUT2D eigenvalue weighted by atomic mass is 10.4. The summed E-state index contributed by atoms with van der Waals surface area (Å²) in [6, 6.07) is 3.83. The van der Waals surface area contributed by atoms with Crippen LogP contribution in [0.15, 0.2) is 17.5 Å². The minimum Gasteiger partial charge on any atom is -0.346 e. The Balaban J connectivity index is 2.36. The molecule has 1 rings (SSSR count). The van der Waals surface area contributed by atoms with E-state index in [1.165, 1.54) is 0 Å². The summed E-state index contributed by atoms with van der Waals surface area (Å²) < 4.78 is 35.7. The summed E-state index contributed by atoms with van der Waals surface area (Å²) in [6.07, 6.45) is -4.36. The van der Waals surface area contributed by atoms with Gasteiger partial charge in [0.15, 0.2) is 0 Å². The zero-order valence-electron chi connectivity index (χ0n) is 9.96. The lowest BCUT2D eigenvalue weighted by Gasteiger charge is -2.19. The SMILES string of the molecule is CCN(CC(=O)NCC(F)(F)F)Cc1cccs1. The molecule has 0 saturated heterocycles. The summed E-state index contributed by atoms with van der Waals surface area (Å²) in [7, 11) is 0. The van der Waals surface area contributed by atoms with Gasteiger partial charge < -0.3 is 5.32 Å². The number of amides is 1. The second-order valence-corrected chi connectivity index (χ2v) is 4.81. The third-order valence-corrected chi connectivity index (χ3v) is 3.12. The highest BCUT2D eigenvalue weighted by molar-refractivity contribution is 7.09. The smallest absolute Gasteiger partial charge is 0.346 e. The molecule has 0 bridgehead atoms. The highest BCUT2D eigenvalue weighted by Crippen LogP contribution is 2.13. The van der Waals surface area contributed by atoms with E-state index in [4.69, 9.17) is 0 Å². The number of hydrogen-bond donors (Lipinski definition) is 1. The molecule has 1 N–H and O–H groups in total. The molecule has 7 heteroatoms. The normalized spacial score (nSPS) is 11.8. The van der Waals surface area contributed by atoms with Crippen LogP contribution >= 0.6 is 11.3 Å². The van der Waals surface area contributed by atoms with Crippen LogP contribution in [0.5, 0.6) is 0 Å². The molecule has 0 aliphatic heterocycles. The van der Waals surface area contributed by atoms with Gasteiger partial charge in [0.25, 0.3) is 0 Å². The van der Waals surface area contributed by atoms with Crippen LogP contribution in [0.2, 0.25) is 0 Å². The Labute approximate surface area is 108 Å². The van der Waals surface area contributed by atoms with Gasteiger partial charge in [-0.05, 0) is 18.0 Å². The number of nitrogens with one attached hydrogen (secondary N) is 1. The summed E-state index contributed by atoms with van der Waals surface area (Å²) in [6.45, 7) is 1.75. The molecule has 0 saturated carbocycles. The molecule has 0 aliphatic rings. The van der Waals surface area contributed by atoms with Crippen molar-refractivity contribution in [1.29, 1.82) is 0 Å². The van der Waals surface area contributed by atoms with Gasteiger partial charge >= 0.3 is 6.18 Å². The fourth-order valence-electron chi connectivity index (χ4n) is 1.36. The Hall–Kier alpha value is -1.08. The average molecular weight is 280 g/mol. The van der Waals surface area contributed by atoms with Crippen molar-refractivity contribution in [3.8, 4) is 0 Å². The van der Waals surface area contributed by atoms with Crippen LogP contribution in [0.25, 0.3) is 0 Å². The van der Waals surface area contributed by atoms with E-state index in [1.807, 2.05) is 29.8 Å². The van der Waals surface area contributed by atoms with Crippen LogP contribution in [0.4, 0.5) is 13.2 Å². The van der Waals surface area contributed by atoms with Crippen molar-refractivity contribution >= 4 is 17.2 Å². The van der Waals surface area contributed by atoms with Crippen LogP contribution in [0.3, 0.4) is 0 Å². The van der Waals surface area contributed by atoms with E-state index in [-0.39, 0.29) is 6.54 Å². The Bertz CT molecular complexity index is 365. The van der Waals surface area contributed by atoms with E-state index >= 15 is 0 Å². The largest absolute Gasteiger partial charge is 0.405 e. The van der Waals surface area contributed by atoms with Gasteiger partial charge in [0, 0.05) is 11.4 Å². The summed E-state index contributed by atoms with van der Waals surface area (Å²) in [5, 5.41) is 3.79. The highest BCUT2D eigenvalue weighted by atomic mass is 32.1. The van der Waals surface area contributed by atoms with Gasteiger partial charge in [-0.25, -0.2) is 0 Å². The Morgan fingerprint density at radius 2 is 2.22 bits per heavy atom. The number of carbonyl (C=O) groups excluding carboxylic acids is 1. The lowest BCUT2D eigenvalue weighted by Crippen LogP contribution is -2.40. The number of hydrogen-bond acceptors (Lipinski definition) is 3. The monoisotopic (exact) mass is 280 g/mol. The molecular formula is C11H15F3N2OS. The summed E-state index contributed by atoms with van der Waals surface area (Å²) in [4.78, 5) is 14.2. The first-order valence-corrected chi connectivity index (χ1v) is 6.37. The van der Waals surface area contributed by atoms with Gasteiger partial charge in [-0.15, -0.1) is 11.3 Å². The van der Waals surface area contributed by atoms with E-state index in [0.29, 0.717) is 13.1 Å². The van der Waals surface area contributed by atoms with Gasteiger partial charge in [-0.1, -0.05) is 13.0 Å². The molecule has 1 heterocycles. The fourth-order valence-corrected chi connectivity index (χ4v) is 2.11. The number of carbonyl (C=O) groups is 1. The molecule has 1 aromatic heterocycles. The first-order valence-electron chi connectivity index (χ1n) is 5.49. The van der Waals surface area contributed by atoms with Crippen molar-refractivity contribution in [2.75, 3.05) is 19.6 Å². The molecule has 1 amide bonds. The van der Waals surface area contributed by atoms with Gasteiger partial charge in [0.1, 0.15) is 6.54 Å². The van der Waals surface area contributed by atoms with Gasteiger partial charge in [-0.2, -0.15) is 13.2 Å². The van der Waals surface area contributed by atoms with E-state index in [0.717, 1.165) is 4.88 Å². The molecule has 0 atom stereocenters. The number of alkyl halides is 3. The maximum atomic E-state index is 11.9. The molecule has 0 aromatic carbocycles. The summed E-state index contributed by atoms with van der Waals surface area (Å²) >= 11 is 1.56. The molecule has 18 heavy (non-hydrogen) atoms. The van der Waals surface area contributed by atoms with Crippen LogP contribution < -0.4 is 5.32 Å². The van der Waals surface area contributed by atoms with Gasteiger partial charge in [0.2, 0.25) is 5.91 Å². The maximum absolute atomic E-state index is 11.9. The third kappa shape index (κ3) is 6.02. The topological polar surface area (TPSA) is 32.3 Å². The van der Waals surface area contributed by atoms with Crippen molar-refractivity contribution in [3.63, 3.8) is 0 Å². The summed E-state index contributed by atoms with van der Waals surface area (Å²) in [5.41, 5.74) is 0. The van der Waals surface area contributed by atoms with E-state index < -0.39 is 18.6 Å². The van der Waals surface area contributed by atoms with Crippen molar-refractivity contribution in [2.24, 2.45) is 0 Å². The molecule has 0 unspecified atom stereocenters. The molecule has 0 aliphatic carbocycles. The van der Waals surface area contributed by atoms with Crippen LogP contribution in [-0.4, -0.2) is 36.6 Å². The Kier molecular flexibility index (Phi) is 5.61. The van der Waals surface area contributed by atoms with Crippen molar-refractivity contribution in [1.82, 2.24) is 10.2 Å². The van der Waals surface area contributed by atoms with E-state index in [9.17, 15) is 18.0 Å². The highest BCUT2D eigenvalue weighted by Gasteiger charge is 2.27. The maximum Gasteiger partial charge on any atom is 0.405 e. The minimum absolute atomic E-state index is 0.0233. The number of likely N-dealkylation sites (N-methyl/N-ethyl adjacent to an activating group) is 1. The molecule has 0 spiro atoms. The Morgan fingerprint density at radius 3 is 2.72 bits per heavy atom. The zero-order chi connectivity index (χ0) is 13.6. The van der Waals surface area contributed by atoms with Crippen molar-refractivity contribution < 1.29 is 18.0 Å². The van der Waals surface area contributed by atoms with Crippen LogP contribution in [0.1, 0.15) is 11.8 Å². The molecule has 0 radical (unpaired) electrons. The first kappa shape index (κ1) is 15.0. The minimum atomic E-state index is -4.36. The lowest BCUT2D eigenvalue weighted by molar-refractivity contribution is -0.139. The molecule has 102 valence electrons. The van der Waals surface area contributed by atoms with Crippen LogP contribution in [0, 0.1) is 0 Å². The predicted octanol–water partition coefficient (Wildman–Crippen LogP) is 2.25. The molecular weight excluding hydrogens is 265 g/mol. The molecule has 0 fully saturated rings. The summed E-state index contributed by atoms with van der Waals surface area (Å²) in [5.74, 6) is -0.606. The third-order valence-electron chi connectivity index (χ3n) is 2.26. The second kappa shape index (κ2) is 6.75. The Morgan fingerprint density at radius 1 is 1.50 bits per heavy atom. The number of halogens is 3. The van der Waals surface area contributed by atoms with Gasteiger partial charge in [0.05, 0.1) is 6.54 Å². The van der Waals surface area contributed by atoms with Crippen molar-refractivity contribution in [2.45, 2.75) is 19.6 Å². The number of thiophene rings is 1. The van der Waals surface area contributed by atoms with Crippen molar-refractivity contribution in [3.05, 3.63) is 22.4 Å². The molecule has 3 nitrogen and oxygen atoms in total. The van der Waals surface area contributed by atoms with Gasteiger partial charge in [-0.3, -0.25) is 9.69 Å². The predicted molar refractivity (Wildman–Crippen MR) is 64.3 cm³/mol. The van der Waals surface area contributed by atoms with E-state index in [2.05, 4.69) is 0 Å². The quantitative estimate of drug-likeness (QED) is 0.867. The second-order valence-electron chi connectivity index (χ2n) is 3.77. The standard InChI is InChI=1S/C11H15F3N2OS/c1-2-16(6-9-4-3-5-18-9)7-10(17)15-8-11(12,13)14/h3-5H,2,6-8H2,1H3,(H,15,17). The van der Waals surface area contributed by atoms with E-state index in [1.54, 1.807) is 16.2 Å². The number of rotatable bonds is 6. The fraction of sp³-hybridized carbons (Fsp3) is 0.545. The number of nitrogens with zero attached hydrogens (tertiary/aromatic N) is 1. The van der Waals surface area contributed by atoms with Crippen LogP contribution in [-0.2, 0) is 11.3 Å². The molecule has 1 aromatic rings. The average Bonchev–Trinajstić information content (AvgIpc) is 2.77.